The summed E-state index contributed by atoms with van der Waals surface area (Å²) < 4.78 is 57.5. The molecular formula is C27H29F4NO4. The van der Waals surface area contributed by atoms with Gasteiger partial charge in [-0.3, -0.25) is 4.79 Å². The molecule has 4 rings (SSSR count). The predicted molar refractivity (Wildman–Crippen MR) is 127 cm³/mol. The number of aliphatic hydroxyl groups excluding tert-OH is 1. The summed E-state index contributed by atoms with van der Waals surface area (Å²) in [7, 11) is 0. The number of hydrogen-bond acceptors (Lipinski definition) is 3. The van der Waals surface area contributed by atoms with E-state index < -0.39 is 40.3 Å². The van der Waals surface area contributed by atoms with E-state index in [1.165, 1.54) is 12.1 Å². The van der Waals surface area contributed by atoms with Gasteiger partial charge in [0.25, 0.3) is 6.43 Å². The number of halogens is 4. The van der Waals surface area contributed by atoms with Gasteiger partial charge in [0, 0.05) is 28.2 Å². The van der Waals surface area contributed by atoms with Crippen molar-refractivity contribution in [2.45, 2.75) is 63.7 Å². The number of aliphatic hydroxyl groups is 1. The Kier molecular flexibility index (Phi) is 6.35. The summed E-state index contributed by atoms with van der Waals surface area (Å²) in [5, 5.41) is 31.4. The van der Waals surface area contributed by atoms with Gasteiger partial charge in [0.15, 0.2) is 11.6 Å². The average molecular weight is 508 g/mol. The molecule has 2 aromatic carbocycles. The standard InChI is InChI=1S/C27H29F4NO4/c1-25(2,14-33)22-21(26(3)9-11-27(12-10-26,23(30)31)24(35)36)20-18(5-4-6-19(20)34)32(22)15-7-8-16(28)17(29)13-15/h4-8,13,23,33-34H,9-12,14H2,1-3H3,(H,35,36)/t26-,27-. The number of nitrogens with zero attached hydrogens (tertiary/aromatic N) is 1. The minimum absolute atomic E-state index is 0.0867. The highest BCUT2D eigenvalue weighted by Crippen LogP contribution is 2.55. The molecule has 0 saturated heterocycles. The molecule has 0 radical (unpaired) electrons. The highest BCUT2D eigenvalue weighted by atomic mass is 19.3. The van der Waals surface area contributed by atoms with E-state index in [0.29, 0.717) is 22.2 Å². The number of fused-ring (bicyclic) bond motifs is 1. The lowest BCUT2D eigenvalue weighted by Crippen LogP contribution is -2.45. The maximum absolute atomic E-state index is 14.3. The van der Waals surface area contributed by atoms with Gasteiger partial charge in [0.1, 0.15) is 11.2 Å². The van der Waals surface area contributed by atoms with Crippen LogP contribution in [0.15, 0.2) is 36.4 Å². The molecule has 0 amide bonds. The van der Waals surface area contributed by atoms with E-state index in [0.717, 1.165) is 12.1 Å². The number of hydrogen-bond donors (Lipinski definition) is 3. The number of phenols is 1. The predicted octanol–water partition coefficient (Wildman–Crippen LogP) is 6.05. The SMILES string of the molecule is CC(C)(CO)c1c([C@]2(C)CC[C@](C(=O)O)(C(F)F)CC2)c2c(O)cccc2n1-c1ccc(F)c(F)c1. The number of aromatic hydroxyl groups is 1. The normalized spacial score (nSPS) is 22.9. The Balaban J connectivity index is 2.05. The van der Waals surface area contributed by atoms with Crippen molar-refractivity contribution in [3.63, 3.8) is 0 Å². The molecule has 5 nitrogen and oxygen atoms in total. The maximum Gasteiger partial charge on any atom is 0.315 e. The lowest BCUT2D eigenvalue weighted by atomic mass is 9.60. The van der Waals surface area contributed by atoms with Crippen LogP contribution < -0.4 is 0 Å². The number of carbonyl (C=O) groups is 1. The summed E-state index contributed by atoms with van der Waals surface area (Å²) in [6.07, 6.45) is -3.42. The Morgan fingerprint density at radius 1 is 1.08 bits per heavy atom. The Hall–Kier alpha value is -3.07. The zero-order chi connectivity index (χ0) is 26.6. The van der Waals surface area contributed by atoms with Gasteiger partial charge < -0.3 is 19.9 Å². The van der Waals surface area contributed by atoms with Crippen LogP contribution in [0.2, 0.25) is 0 Å². The van der Waals surface area contributed by atoms with E-state index in [2.05, 4.69) is 0 Å². The van der Waals surface area contributed by atoms with E-state index in [1.54, 1.807) is 30.5 Å². The van der Waals surface area contributed by atoms with Crippen molar-refractivity contribution in [1.29, 1.82) is 0 Å². The Bertz CT molecular complexity index is 1320. The molecule has 1 fully saturated rings. The molecule has 0 unspecified atom stereocenters. The topological polar surface area (TPSA) is 82.7 Å². The van der Waals surface area contributed by atoms with Crippen LogP contribution in [-0.4, -0.2) is 38.9 Å². The molecule has 0 spiro atoms. The third-order valence-electron chi connectivity index (χ3n) is 7.86. The van der Waals surface area contributed by atoms with Crippen molar-refractivity contribution in [2.75, 3.05) is 6.61 Å². The number of rotatable bonds is 6. The first-order valence-electron chi connectivity index (χ1n) is 11.7. The number of carboxylic acids is 1. The second-order valence-corrected chi connectivity index (χ2v) is 10.7. The summed E-state index contributed by atoms with van der Waals surface area (Å²) in [4.78, 5) is 11.8. The first-order valence-corrected chi connectivity index (χ1v) is 11.7. The van der Waals surface area contributed by atoms with E-state index in [9.17, 15) is 37.7 Å². The van der Waals surface area contributed by atoms with E-state index in [-0.39, 0.29) is 43.7 Å². The van der Waals surface area contributed by atoms with Crippen LogP contribution in [0.3, 0.4) is 0 Å². The fraction of sp³-hybridized carbons (Fsp3) is 0.444. The average Bonchev–Trinajstić information content (AvgIpc) is 3.19. The van der Waals surface area contributed by atoms with Crippen molar-refractivity contribution in [1.82, 2.24) is 4.57 Å². The summed E-state index contributed by atoms with van der Waals surface area (Å²) in [6.45, 7) is 5.00. The van der Waals surface area contributed by atoms with Crippen LogP contribution in [0.1, 0.15) is 57.7 Å². The molecule has 1 aliphatic rings. The molecule has 1 saturated carbocycles. The molecule has 0 bridgehead atoms. The van der Waals surface area contributed by atoms with Gasteiger partial charge in [-0.15, -0.1) is 0 Å². The van der Waals surface area contributed by atoms with Crippen LogP contribution in [0.25, 0.3) is 16.6 Å². The minimum Gasteiger partial charge on any atom is -0.507 e. The molecule has 0 aliphatic heterocycles. The zero-order valence-corrected chi connectivity index (χ0v) is 20.3. The number of benzene rings is 2. The first-order chi connectivity index (χ1) is 16.8. The number of carboxylic acid groups (broad SMARTS) is 1. The van der Waals surface area contributed by atoms with Gasteiger partial charge in [0.2, 0.25) is 0 Å². The van der Waals surface area contributed by atoms with Crippen molar-refractivity contribution < 1.29 is 37.7 Å². The highest BCUT2D eigenvalue weighted by molar-refractivity contribution is 5.94. The fourth-order valence-corrected chi connectivity index (χ4v) is 5.54. The first kappa shape index (κ1) is 26.0. The van der Waals surface area contributed by atoms with Gasteiger partial charge in [-0.05, 0) is 60.9 Å². The highest BCUT2D eigenvalue weighted by Gasteiger charge is 2.54. The van der Waals surface area contributed by atoms with E-state index in [1.807, 2.05) is 6.92 Å². The summed E-state index contributed by atoms with van der Waals surface area (Å²) in [6, 6.07) is 8.17. The number of phenolic OH excluding ortho intramolecular Hbond substituents is 1. The molecule has 1 heterocycles. The number of aromatic nitrogens is 1. The van der Waals surface area contributed by atoms with Crippen LogP contribution >= 0.6 is 0 Å². The van der Waals surface area contributed by atoms with Gasteiger partial charge in [-0.1, -0.05) is 26.8 Å². The van der Waals surface area contributed by atoms with Crippen LogP contribution in [0, 0.1) is 17.0 Å². The van der Waals surface area contributed by atoms with Gasteiger partial charge in [-0.25, -0.2) is 17.6 Å². The van der Waals surface area contributed by atoms with E-state index in [4.69, 9.17) is 0 Å². The number of aliphatic carboxylic acids is 1. The lowest BCUT2D eigenvalue weighted by molar-refractivity contribution is -0.164. The molecule has 1 aromatic heterocycles. The smallest absolute Gasteiger partial charge is 0.315 e. The molecule has 3 N–H and O–H groups in total. The quantitative estimate of drug-likeness (QED) is 0.355. The summed E-state index contributed by atoms with van der Waals surface area (Å²) in [5.74, 6) is -3.74. The molecule has 194 valence electrons. The van der Waals surface area contributed by atoms with Crippen molar-refractivity contribution in [2.24, 2.45) is 5.41 Å². The monoisotopic (exact) mass is 507 g/mol. The second-order valence-electron chi connectivity index (χ2n) is 10.7. The zero-order valence-electron chi connectivity index (χ0n) is 20.3. The molecule has 9 heteroatoms. The fourth-order valence-electron chi connectivity index (χ4n) is 5.54. The van der Waals surface area contributed by atoms with Crippen molar-refractivity contribution in [3.8, 4) is 11.4 Å². The van der Waals surface area contributed by atoms with E-state index >= 15 is 0 Å². The van der Waals surface area contributed by atoms with Crippen molar-refractivity contribution >= 4 is 16.9 Å². The second kappa shape index (κ2) is 8.80. The Labute approximate surface area is 206 Å². The summed E-state index contributed by atoms with van der Waals surface area (Å²) >= 11 is 0. The van der Waals surface area contributed by atoms with Crippen LogP contribution in [-0.2, 0) is 15.6 Å². The van der Waals surface area contributed by atoms with Gasteiger partial charge >= 0.3 is 5.97 Å². The third-order valence-corrected chi connectivity index (χ3v) is 7.86. The largest absolute Gasteiger partial charge is 0.507 e. The lowest BCUT2D eigenvalue weighted by Gasteiger charge is -2.44. The third kappa shape index (κ3) is 3.84. The molecule has 36 heavy (non-hydrogen) atoms. The van der Waals surface area contributed by atoms with Crippen LogP contribution in [0.4, 0.5) is 17.6 Å². The molecule has 0 atom stereocenters. The van der Waals surface area contributed by atoms with Crippen molar-refractivity contribution in [3.05, 3.63) is 59.3 Å². The van der Waals surface area contributed by atoms with Crippen LogP contribution in [0.5, 0.6) is 5.75 Å². The number of alkyl halides is 2. The van der Waals surface area contributed by atoms with Gasteiger partial charge in [-0.2, -0.15) is 0 Å². The Morgan fingerprint density at radius 2 is 1.72 bits per heavy atom. The minimum atomic E-state index is -3.04. The molecule has 3 aromatic rings. The Morgan fingerprint density at radius 3 is 2.25 bits per heavy atom. The van der Waals surface area contributed by atoms with Gasteiger partial charge in [0.05, 0.1) is 12.1 Å². The summed E-state index contributed by atoms with van der Waals surface area (Å²) in [5.41, 5.74) is -2.15. The molecule has 1 aliphatic carbocycles. The maximum atomic E-state index is 14.3. The molecular weight excluding hydrogens is 478 g/mol.